The van der Waals surface area contributed by atoms with Crippen molar-refractivity contribution in [2.24, 2.45) is 0 Å². The van der Waals surface area contributed by atoms with Crippen LogP contribution in [0.15, 0.2) is 170 Å². The van der Waals surface area contributed by atoms with Crippen molar-refractivity contribution in [1.29, 1.82) is 0 Å². The zero-order valence-corrected chi connectivity index (χ0v) is 30.1. The van der Waals surface area contributed by atoms with Gasteiger partial charge in [0.25, 0.3) is 0 Å². The lowest BCUT2D eigenvalue weighted by Gasteiger charge is -2.38. The summed E-state index contributed by atoms with van der Waals surface area (Å²) in [7, 11) is 0. The minimum atomic E-state index is -0.754. The fraction of sp³-hybridized carbons (Fsp3) is 0.0769. The number of hydrogen-bond donors (Lipinski definition) is 1. The number of hydrogen-bond acceptors (Lipinski definition) is 1. The number of phenolic OH excluding ortho intramolecular Hbond substituents is 1. The molecule has 0 saturated heterocycles. The summed E-state index contributed by atoms with van der Waals surface area (Å²) >= 11 is 0. The fourth-order valence-electron chi connectivity index (χ4n) is 6.81. The number of aryl methyl sites for hydroxylation is 3. The summed E-state index contributed by atoms with van der Waals surface area (Å²) < 4.78 is 0. The molecule has 1 N–H and O–H groups in total. The van der Waals surface area contributed by atoms with Crippen LogP contribution in [-0.4, -0.2) is 5.11 Å². The van der Waals surface area contributed by atoms with Gasteiger partial charge < -0.3 is 5.11 Å². The standard InChI is InChI=1S/C52H38O/c1-38-35-48(28-25-44(38)22-19-41-13-7-4-8-14-41)52(47-31-33-51(53)34-32-47,49-29-26-45(39(2)36-49)23-20-42-15-9-5-10-16-42)50-30-27-46(40(3)37-50)24-21-43-17-11-6-12-18-43/h4-18,25-37,53H,1-3H3. The number of benzene rings is 7. The van der Waals surface area contributed by atoms with Gasteiger partial charge in [-0.25, -0.2) is 0 Å². The van der Waals surface area contributed by atoms with Crippen LogP contribution in [0.5, 0.6) is 5.75 Å². The Morgan fingerprint density at radius 3 is 0.943 bits per heavy atom. The molecule has 0 aliphatic heterocycles. The first kappa shape index (κ1) is 34.5. The highest BCUT2D eigenvalue weighted by molar-refractivity contribution is 5.65. The summed E-state index contributed by atoms with van der Waals surface area (Å²) in [6.07, 6.45) is 0. The van der Waals surface area contributed by atoms with Crippen LogP contribution in [-0.2, 0) is 5.41 Å². The van der Waals surface area contributed by atoms with Crippen LogP contribution in [0.1, 0.15) is 72.3 Å². The first-order valence-electron chi connectivity index (χ1n) is 17.7. The van der Waals surface area contributed by atoms with E-state index in [0.29, 0.717) is 0 Å². The Morgan fingerprint density at radius 1 is 0.340 bits per heavy atom. The quantitative estimate of drug-likeness (QED) is 0.145. The summed E-state index contributed by atoms with van der Waals surface area (Å²) in [5.41, 5.74) is 12.7. The van der Waals surface area contributed by atoms with Crippen molar-refractivity contribution in [3.05, 3.63) is 242 Å². The van der Waals surface area contributed by atoms with Crippen molar-refractivity contribution in [2.75, 3.05) is 0 Å². The second-order valence-corrected chi connectivity index (χ2v) is 13.2. The topological polar surface area (TPSA) is 20.2 Å². The van der Waals surface area contributed by atoms with E-state index in [9.17, 15) is 5.11 Å². The van der Waals surface area contributed by atoms with Crippen LogP contribution < -0.4 is 0 Å². The Hall–Kier alpha value is -6.98. The molecule has 0 amide bonds. The number of rotatable bonds is 4. The largest absolute Gasteiger partial charge is 0.508 e. The number of phenols is 1. The van der Waals surface area contributed by atoms with Gasteiger partial charge in [0.05, 0.1) is 5.41 Å². The van der Waals surface area contributed by atoms with Crippen molar-refractivity contribution >= 4 is 0 Å². The van der Waals surface area contributed by atoms with Gasteiger partial charge in [-0.1, -0.05) is 139 Å². The molecular weight excluding hydrogens is 641 g/mol. The third-order valence-electron chi connectivity index (χ3n) is 9.62. The van der Waals surface area contributed by atoms with Crippen LogP contribution in [0.25, 0.3) is 0 Å². The van der Waals surface area contributed by atoms with Gasteiger partial charge in [0.15, 0.2) is 0 Å². The molecule has 0 aliphatic rings. The second-order valence-electron chi connectivity index (χ2n) is 13.2. The van der Waals surface area contributed by atoms with Gasteiger partial charge in [-0.2, -0.15) is 0 Å². The molecule has 53 heavy (non-hydrogen) atoms. The van der Waals surface area contributed by atoms with Gasteiger partial charge in [0, 0.05) is 33.4 Å². The molecular formula is C52H38O. The average molecular weight is 679 g/mol. The molecule has 1 heteroatoms. The molecule has 0 atom stereocenters. The summed E-state index contributed by atoms with van der Waals surface area (Å²) in [5, 5.41) is 10.5. The smallest absolute Gasteiger partial charge is 0.115 e. The summed E-state index contributed by atoms with van der Waals surface area (Å²) in [6.45, 7) is 6.38. The predicted octanol–water partition coefficient (Wildman–Crippen LogP) is 10.9. The Bertz CT molecular complexity index is 2320. The summed E-state index contributed by atoms with van der Waals surface area (Å²) in [5.74, 6) is 20.4. The molecule has 0 aliphatic carbocycles. The lowest BCUT2D eigenvalue weighted by Crippen LogP contribution is -2.31. The van der Waals surface area contributed by atoms with Gasteiger partial charge in [0.1, 0.15) is 5.75 Å². The third kappa shape index (κ3) is 7.55. The molecule has 0 heterocycles. The van der Waals surface area contributed by atoms with E-state index in [1.165, 1.54) is 0 Å². The normalized spacial score (nSPS) is 10.5. The zero-order valence-electron chi connectivity index (χ0n) is 30.1. The molecule has 0 fully saturated rings. The lowest BCUT2D eigenvalue weighted by atomic mass is 9.64. The van der Waals surface area contributed by atoms with Crippen LogP contribution in [0, 0.1) is 56.3 Å². The molecule has 7 aromatic carbocycles. The predicted molar refractivity (Wildman–Crippen MR) is 218 cm³/mol. The van der Waals surface area contributed by atoms with E-state index in [0.717, 1.165) is 72.3 Å². The molecule has 0 bridgehead atoms. The third-order valence-corrected chi connectivity index (χ3v) is 9.62. The molecule has 0 saturated carbocycles. The first-order valence-corrected chi connectivity index (χ1v) is 17.7. The zero-order chi connectivity index (χ0) is 36.6. The van der Waals surface area contributed by atoms with Gasteiger partial charge >= 0.3 is 0 Å². The van der Waals surface area contributed by atoms with Gasteiger partial charge in [-0.05, 0) is 126 Å². The van der Waals surface area contributed by atoms with E-state index in [1.54, 1.807) is 12.1 Å². The van der Waals surface area contributed by atoms with Gasteiger partial charge in [-0.15, -0.1) is 0 Å². The first-order chi connectivity index (χ1) is 25.9. The Balaban J connectivity index is 1.44. The molecule has 0 spiro atoms. The van der Waals surface area contributed by atoms with Crippen molar-refractivity contribution in [1.82, 2.24) is 0 Å². The molecule has 252 valence electrons. The Kier molecular flexibility index (Phi) is 10.1. The highest BCUT2D eigenvalue weighted by Gasteiger charge is 2.39. The maximum Gasteiger partial charge on any atom is 0.115 e. The van der Waals surface area contributed by atoms with E-state index in [1.807, 2.05) is 103 Å². The lowest BCUT2D eigenvalue weighted by molar-refractivity contribution is 0.475. The highest BCUT2D eigenvalue weighted by atomic mass is 16.3. The van der Waals surface area contributed by atoms with Crippen molar-refractivity contribution in [3.8, 4) is 41.3 Å². The Morgan fingerprint density at radius 2 is 0.642 bits per heavy atom. The maximum atomic E-state index is 10.5. The van der Waals surface area contributed by atoms with Gasteiger partial charge in [0.2, 0.25) is 0 Å². The minimum absolute atomic E-state index is 0.218. The molecule has 0 unspecified atom stereocenters. The van der Waals surface area contributed by atoms with Crippen LogP contribution >= 0.6 is 0 Å². The molecule has 7 rings (SSSR count). The molecule has 1 nitrogen and oxygen atoms in total. The van der Waals surface area contributed by atoms with Gasteiger partial charge in [-0.3, -0.25) is 0 Å². The van der Waals surface area contributed by atoms with E-state index < -0.39 is 5.41 Å². The van der Waals surface area contributed by atoms with Crippen molar-refractivity contribution < 1.29 is 5.11 Å². The van der Waals surface area contributed by atoms with Crippen LogP contribution in [0.3, 0.4) is 0 Å². The number of aromatic hydroxyl groups is 1. The molecule has 0 aromatic heterocycles. The summed E-state index contributed by atoms with van der Waals surface area (Å²) in [4.78, 5) is 0. The van der Waals surface area contributed by atoms with E-state index in [4.69, 9.17) is 0 Å². The van der Waals surface area contributed by atoms with E-state index in [-0.39, 0.29) is 5.75 Å². The molecule has 7 aromatic rings. The molecule has 0 radical (unpaired) electrons. The summed E-state index contributed by atoms with van der Waals surface area (Å²) in [6, 6.07) is 57.6. The Labute approximate surface area is 313 Å². The SMILES string of the molecule is Cc1cc(C(c2ccc(O)cc2)(c2ccc(C#Cc3ccccc3)c(C)c2)c2ccc(C#Cc3ccccc3)c(C)c2)ccc1C#Cc1ccccc1. The van der Waals surface area contributed by atoms with Crippen molar-refractivity contribution in [3.63, 3.8) is 0 Å². The minimum Gasteiger partial charge on any atom is -0.508 e. The fourth-order valence-corrected chi connectivity index (χ4v) is 6.81. The van der Waals surface area contributed by atoms with Crippen LogP contribution in [0.2, 0.25) is 0 Å². The maximum absolute atomic E-state index is 10.5. The second kappa shape index (κ2) is 15.5. The van der Waals surface area contributed by atoms with E-state index >= 15 is 0 Å². The van der Waals surface area contributed by atoms with E-state index in [2.05, 4.69) is 111 Å². The van der Waals surface area contributed by atoms with Crippen LogP contribution in [0.4, 0.5) is 0 Å². The monoisotopic (exact) mass is 678 g/mol. The average Bonchev–Trinajstić information content (AvgIpc) is 3.19. The highest BCUT2D eigenvalue weighted by Crippen LogP contribution is 2.47. The van der Waals surface area contributed by atoms with Crippen molar-refractivity contribution in [2.45, 2.75) is 26.2 Å².